The molecule has 5 rings (SSSR count). The average Bonchev–Trinajstić information content (AvgIpc) is 3.19. The van der Waals surface area contributed by atoms with Crippen molar-refractivity contribution in [3.63, 3.8) is 0 Å². The molecule has 6 N–H and O–H groups in total. The van der Waals surface area contributed by atoms with Crippen molar-refractivity contribution in [1.82, 2.24) is 5.32 Å². The van der Waals surface area contributed by atoms with Gasteiger partial charge in [0.25, 0.3) is 5.91 Å². The lowest BCUT2D eigenvalue weighted by Gasteiger charge is -2.58. The highest BCUT2D eigenvalue weighted by Gasteiger charge is 2.62. The lowest BCUT2D eigenvalue weighted by Crippen LogP contribution is -2.99. The summed E-state index contributed by atoms with van der Waals surface area (Å²) in [5.74, 6) is -0.710. The predicted octanol–water partition coefficient (Wildman–Crippen LogP) is 2.56. The molecule has 228 valence electrons. The maximum Gasteiger partial charge on any atom is 0.329 e. The van der Waals surface area contributed by atoms with Crippen LogP contribution in [0.25, 0.3) is 0 Å². The minimum absolute atomic E-state index is 0.0383. The summed E-state index contributed by atoms with van der Waals surface area (Å²) in [6.45, 7) is 6.02. The van der Waals surface area contributed by atoms with Gasteiger partial charge in [0.2, 0.25) is 0 Å². The first-order chi connectivity index (χ1) is 19.8. The summed E-state index contributed by atoms with van der Waals surface area (Å²) in [7, 11) is 0. The number of rotatable bonds is 8. The molecule has 1 aromatic carbocycles. The average molecular weight is 584 g/mol. The quantitative estimate of drug-likeness (QED) is 0.253. The molecule has 0 heterocycles. The first kappa shape index (κ1) is 30.4. The van der Waals surface area contributed by atoms with Gasteiger partial charge in [0.1, 0.15) is 11.8 Å². The highest BCUT2D eigenvalue weighted by Crippen LogP contribution is 2.66. The molecule has 42 heavy (non-hydrogen) atoms. The van der Waals surface area contributed by atoms with Crippen molar-refractivity contribution in [2.75, 3.05) is 6.61 Å². The van der Waals surface area contributed by atoms with E-state index in [1.54, 1.807) is 0 Å². The van der Waals surface area contributed by atoms with Gasteiger partial charge in [0, 0.05) is 17.5 Å². The van der Waals surface area contributed by atoms with Crippen LogP contribution in [-0.2, 0) is 14.4 Å². The number of carboxylic acids is 1. The summed E-state index contributed by atoms with van der Waals surface area (Å²) in [4.78, 5) is 29.5. The van der Waals surface area contributed by atoms with Gasteiger partial charge in [-0.25, -0.2) is 10.0 Å². The standard InChI is InChI=1S/C31H41N3O8/c1-29-12-9-20(16-19(29)7-8-22-23(29)10-13-30(2)24(22)11-14-31(30,3)39)33-42-17-25(35)32-26(28(37)38)27(36)18-5-4-6-21(15-18)34(40)41/h4-6,9,12,15-16,22-24,26-27,34,36,39-40H,7-8,10-11,13-14,17H2,1-3H3,(H,32,35)(H,37,38)/t22-,23-,24-,26-,27+,29-,30-,31-/m0/s1. The van der Waals surface area contributed by atoms with Gasteiger partial charge in [0.05, 0.1) is 5.60 Å². The maximum absolute atomic E-state index is 12.5. The maximum atomic E-state index is 12.5. The van der Waals surface area contributed by atoms with Crippen LogP contribution in [0.3, 0.4) is 0 Å². The second-order valence-electron chi connectivity index (χ2n) is 13.0. The number of hydrogen-bond donors (Lipinski definition) is 6. The van der Waals surface area contributed by atoms with Crippen LogP contribution >= 0.6 is 0 Å². The Morgan fingerprint density at radius 1 is 1.19 bits per heavy atom. The molecule has 0 aromatic heterocycles. The normalized spacial score (nSPS) is 36.6. The molecule has 4 aliphatic carbocycles. The monoisotopic (exact) mass is 583 g/mol. The molecule has 4 aliphatic rings. The van der Waals surface area contributed by atoms with E-state index in [9.17, 15) is 30.1 Å². The molecule has 3 saturated carbocycles. The van der Waals surface area contributed by atoms with E-state index in [0.29, 0.717) is 23.5 Å². The smallest absolute Gasteiger partial charge is 0.329 e. The molecule has 1 amide bonds. The van der Waals surface area contributed by atoms with E-state index in [1.807, 2.05) is 19.1 Å². The van der Waals surface area contributed by atoms with Crippen LogP contribution in [0.1, 0.15) is 71.0 Å². The highest BCUT2D eigenvalue weighted by atomic mass is 16.8. The fourth-order valence-corrected chi connectivity index (χ4v) is 8.21. The molecule has 0 spiro atoms. The number of hydrogen-bond acceptors (Lipinski definition) is 8. The number of benzene rings is 1. The van der Waals surface area contributed by atoms with Crippen molar-refractivity contribution in [2.45, 2.75) is 77.0 Å². The SMILES string of the molecule is C[C@]12C=CC(=NOCC(=O)N[C@H](C(=O)O)[C@H](O)c3cccc([NH+]([O-])O)c3)C=C1CC[C@H]1[C@@H]2CC[C@@]2(C)[C@H]1CC[C@]2(C)O. The minimum Gasteiger partial charge on any atom is -0.595 e. The minimum atomic E-state index is -1.72. The summed E-state index contributed by atoms with van der Waals surface area (Å²) in [6.07, 6.45) is 10.4. The van der Waals surface area contributed by atoms with Crippen molar-refractivity contribution < 1.29 is 40.2 Å². The summed E-state index contributed by atoms with van der Waals surface area (Å²) in [6, 6.07) is 3.52. The Morgan fingerprint density at radius 2 is 1.93 bits per heavy atom. The number of quaternary nitrogens is 1. The summed E-state index contributed by atoms with van der Waals surface area (Å²) < 4.78 is 0. The Morgan fingerprint density at radius 3 is 2.64 bits per heavy atom. The molecule has 11 heteroatoms. The molecule has 0 aliphatic heterocycles. The summed E-state index contributed by atoms with van der Waals surface area (Å²) >= 11 is 0. The first-order valence-corrected chi connectivity index (χ1v) is 14.6. The van der Waals surface area contributed by atoms with Crippen LogP contribution < -0.4 is 10.5 Å². The van der Waals surface area contributed by atoms with Crippen LogP contribution in [0.5, 0.6) is 0 Å². The molecular weight excluding hydrogens is 542 g/mol. The lowest BCUT2D eigenvalue weighted by atomic mass is 9.47. The Kier molecular flexibility index (Phi) is 8.10. The topological polar surface area (TPSA) is 176 Å². The number of fused-ring (bicyclic) bond motifs is 5. The van der Waals surface area contributed by atoms with Crippen LogP contribution in [0, 0.1) is 33.8 Å². The Labute approximate surface area is 245 Å². The molecule has 11 nitrogen and oxygen atoms in total. The van der Waals surface area contributed by atoms with Gasteiger partial charge in [-0.05, 0) is 86.3 Å². The summed E-state index contributed by atoms with van der Waals surface area (Å²) in [5.41, 5.74) is 1.03. The lowest BCUT2D eigenvalue weighted by molar-refractivity contribution is -0.991. The fraction of sp³-hybridized carbons (Fsp3) is 0.581. The fourth-order valence-electron chi connectivity index (χ4n) is 8.21. The number of allylic oxidation sites excluding steroid dienone is 4. The van der Waals surface area contributed by atoms with Gasteiger partial charge < -0.3 is 30.7 Å². The van der Waals surface area contributed by atoms with Crippen molar-refractivity contribution in [2.24, 2.45) is 33.7 Å². The molecule has 9 atom stereocenters. The van der Waals surface area contributed by atoms with E-state index in [-0.39, 0.29) is 22.1 Å². The predicted molar refractivity (Wildman–Crippen MR) is 152 cm³/mol. The van der Waals surface area contributed by atoms with Gasteiger partial charge in [-0.3, -0.25) is 4.79 Å². The van der Waals surface area contributed by atoms with Crippen LogP contribution in [0.2, 0.25) is 0 Å². The first-order valence-electron chi connectivity index (χ1n) is 14.6. The highest BCUT2D eigenvalue weighted by molar-refractivity contribution is 6.05. The third-order valence-electron chi connectivity index (χ3n) is 10.9. The number of nitrogens with zero attached hydrogens (tertiary/aromatic N) is 1. The second kappa shape index (κ2) is 11.2. The van der Waals surface area contributed by atoms with E-state index in [0.717, 1.165) is 44.6 Å². The van der Waals surface area contributed by atoms with Gasteiger partial charge in [-0.15, -0.1) is 0 Å². The molecule has 0 radical (unpaired) electrons. The summed E-state index contributed by atoms with van der Waals surface area (Å²) in [5, 5.41) is 56.8. The van der Waals surface area contributed by atoms with Gasteiger partial charge in [0.15, 0.2) is 18.3 Å². The molecular formula is C31H41N3O8. The third kappa shape index (κ3) is 5.28. The number of carbonyl (C=O) groups excluding carboxylic acids is 1. The molecule has 1 unspecified atom stereocenters. The van der Waals surface area contributed by atoms with Crippen LogP contribution in [0.15, 0.2) is 53.2 Å². The van der Waals surface area contributed by atoms with Crippen LogP contribution in [-0.4, -0.2) is 56.4 Å². The van der Waals surface area contributed by atoms with Crippen molar-refractivity contribution in [3.05, 3.63) is 58.8 Å². The Bertz CT molecular complexity index is 1320. The zero-order valence-corrected chi connectivity index (χ0v) is 24.2. The third-order valence-corrected chi connectivity index (χ3v) is 10.9. The van der Waals surface area contributed by atoms with Crippen molar-refractivity contribution in [3.8, 4) is 0 Å². The number of oxime groups is 1. The molecule has 0 bridgehead atoms. The zero-order chi connectivity index (χ0) is 30.4. The van der Waals surface area contributed by atoms with E-state index in [4.69, 9.17) is 10.0 Å². The number of aliphatic hydroxyl groups excluding tert-OH is 1. The van der Waals surface area contributed by atoms with Gasteiger partial charge >= 0.3 is 5.97 Å². The molecule has 1 aromatic rings. The number of carbonyl (C=O) groups is 2. The van der Waals surface area contributed by atoms with E-state index >= 15 is 0 Å². The second-order valence-corrected chi connectivity index (χ2v) is 13.0. The van der Waals surface area contributed by atoms with Crippen molar-refractivity contribution in [1.29, 1.82) is 0 Å². The molecule has 0 saturated heterocycles. The van der Waals surface area contributed by atoms with Gasteiger partial charge in [-0.2, -0.15) is 5.23 Å². The number of amides is 1. The number of carboxylic acid groups (broad SMARTS) is 1. The van der Waals surface area contributed by atoms with Crippen molar-refractivity contribution >= 4 is 23.3 Å². The zero-order valence-electron chi connectivity index (χ0n) is 24.2. The van der Waals surface area contributed by atoms with Crippen LogP contribution in [0.4, 0.5) is 5.69 Å². The Balaban J connectivity index is 1.20. The van der Waals surface area contributed by atoms with Gasteiger partial charge in [-0.1, -0.05) is 42.8 Å². The number of nitrogens with one attached hydrogen (secondary N) is 2. The Hall–Kier alpha value is -3.09. The number of aliphatic carboxylic acids is 1. The van der Waals surface area contributed by atoms with E-state index in [1.165, 1.54) is 23.8 Å². The van der Waals surface area contributed by atoms with E-state index in [2.05, 4.69) is 30.4 Å². The number of aliphatic hydroxyl groups is 2. The van der Waals surface area contributed by atoms with E-state index < -0.39 is 41.5 Å². The molecule has 3 fully saturated rings. The largest absolute Gasteiger partial charge is 0.595 e.